The summed E-state index contributed by atoms with van der Waals surface area (Å²) in [5, 5.41) is 8.19. The Labute approximate surface area is 358 Å². The van der Waals surface area contributed by atoms with Gasteiger partial charge in [0, 0.05) is 38.4 Å². The number of fused-ring (bicyclic) bond motifs is 6. The molecule has 0 radical (unpaired) electrons. The summed E-state index contributed by atoms with van der Waals surface area (Å²) in [6, 6.07) is 77.0. The molecule has 0 saturated heterocycles. The van der Waals surface area contributed by atoms with Gasteiger partial charge in [0.25, 0.3) is 0 Å². The molecule has 0 saturated carbocycles. The van der Waals surface area contributed by atoms with Crippen LogP contribution in [-0.4, -0.2) is 16.2 Å². The first-order valence-electron chi connectivity index (χ1n) is 21.0. The summed E-state index contributed by atoms with van der Waals surface area (Å²) in [6.07, 6.45) is -0.303. The third-order valence-electron chi connectivity index (χ3n) is 12.1. The molecule has 0 amide bonds. The van der Waals surface area contributed by atoms with Gasteiger partial charge in [0.15, 0.2) is 5.84 Å². The third kappa shape index (κ3) is 6.10. The molecule has 1 aliphatic heterocycles. The number of hydrogen-bond acceptors (Lipinski definition) is 4. The highest BCUT2D eigenvalue weighted by Crippen LogP contribution is 2.43. The summed E-state index contributed by atoms with van der Waals surface area (Å²) < 4.78 is 8.97. The Hall–Kier alpha value is -8.28. The first-order valence-corrected chi connectivity index (χ1v) is 21.0. The second-order valence-electron chi connectivity index (χ2n) is 15.8. The molecule has 5 heteroatoms. The molecular weight excluding hydrogens is 757 g/mol. The van der Waals surface area contributed by atoms with Crippen LogP contribution in [0.1, 0.15) is 22.9 Å². The molecule has 0 bridgehead atoms. The van der Waals surface area contributed by atoms with E-state index in [1.54, 1.807) is 0 Å². The molecule has 3 heterocycles. The van der Waals surface area contributed by atoms with E-state index in [0.29, 0.717) is 5.84 Å². The molecule has 1 atom stereocenters. The standard InChI is InChI=1S/C57H38N4O/c1-4-15-37(16-5-1)38-27-29-40(30-28-38)56-58-55(39-17-6-2-7-18-39)59-57(60-56)42-31-33-46-49-35-41(32-34-52(49)62-53(46)36-42)44-21-10-11-22-45(44)47-24-14-26-51-54(47)48-23-12-13-25-50(48)61(51)43-19-8-3-9-20-43/h1-36,55H,(H,58,59,60). The molecular formula is C57H38N4O. The van der Waals surface area contributed by atoms with Crippen LogP contribution in [0.15, 0.2) is 233 Å². The van der Waals surface area contributed by atoms with Gasteiger partial charge >= 0.3 is 0 Å². The number of benzene rings is 9. The molecule has 1 unspecified atom stereocenters. The van der Waals surface area contributed by atoms with Crippen LogP contribution in [0, 0.1) is 0 Å². The number of nitrogens with one attached hydrogen (secondary N) is 1. The Morgan fingerprint density at radius 2 is 1.05 bits per heavy atom. The van der Waals surface area contributed by atoms with Gasteiger partial charge in [-0.1, -0.05) is 170 Å². The molecule has 2 aromatic heterocycles. The van der Waals surface area contributed by atoms with Crippen molar-refractivity contribution in [3.05, 3.63) is 235 Å². The van der Waals surface area contributed by atoms with E-state index in [1.807, 2.05) is 24.3 Å². The molecule has 62 heavy (non-hydrogen) atoms. The SMILES string of the molecule is c1ccc(-c2ccc(C3=NC(c4ccc5c(c4)oc4ccc(-c6ccccc6-c6cccc7c6c6ccccc6n7-c6ccccc6)cc45)=NC(c4ccccc4)N3)cc2)cc1. The Bertz CT molecular complexity index is 3530. The van der Waals surface area contributed by atoms with Crippen molar-refractivity contribution in [1.29, 1.82) is 0 Å². The monoisotopic (exact) mass is 794 g/mol. The molecule has 9 aromatic carbocycles. The fourth-order valence-electron chi connectivity index (χ4n) is 9.13. The van der Waals surface area contributed by atoms with Crippen LogP contribution in [0.4, 0.5) is 0 Å². The zero-order chi connectivity index (χ0) is 41.0. The van der Waals surface area contributed by atoms with E-state index < -0.39 is 0 Å². The largest absolute Gasteiger partial charge is 0.456 e. The van der Waals surface area contributed by atoms with Crippen LogP contribution in [0.2, 0.25) is 0 Å². The number of hydrogen-bond donors (Lipinski definition) is 1. The number of para-hydroxylation sites is 2. The van der Waals surface area contributed by atoms with Crippen LogP contribution >= 0.6 is 0 Å². The lowest BCUT2D eigenvalue weighted by molar-refractivity contribution is 0.667. The quantitative estimate of drug-likeness (QED) is 0.175. The number of aromatic nitrogens is 1. The van der Waals surface area contributed by atoms with Gasteiger partial charge in [0.05, 0.1) is 11.0 Å². The Kier molecular flexibility index (Phi) is 8.49. The molecule has 11 aromatic rings. The minimum Gasteiger partial charge on any atom is -0.456 e. The van der Waals surface area contributed by atoms with Crippen molar-refractivity contribution in [2.24, 2.45) is 9.98 Å². The van der Waals surface area contributed by atoms with Gasteiger partial charge in [-0.3, -0.25) is 0 Å². The summed E-state index contributed by atoms with van der Waals surface area (Å²) in [7, 11) is 0. The molecule has 0 aliphatic carbocycles. The Balaban J connectivity index is 0.939. The smallest absolute Gasteiger partial charge is 0.159 e. The third-order valence-corrected chi connectivity index (χ3v) is 12.1. The summed E-state index contributed by atoms with van der Waals surface area (Å²) in [5.41, 5.74) is 15.1. The fraction of sp³-hybridized carbons (Fsp3) is 0.0175. The van der Waals surface area contributed by atoms with Gasteiger partial charge in [-0.05, 0) is 87.5 Å². The van der Waals surface area contributed by atoms with Gasteiger partial charge in [0.1, 0.15) is 23.2 Å². The topological polar surface area (TPSA) is 54.8 Å². The van der Waals surface area contributed by atoms with Crippen molar-refractivity contribution in [3.63, 3.8) is 0 Å². The lowest BCUT2D eigenvalue weighted by atomic mass is 9.91. The van der Waals surface area contributed by atoms with Crippen molar-refractivity contribution in [2.75, 3.05) is 0 Å². The molecule has 292 valence electrons. The zero-order valence-corrected chi connectivity index (χ0v) is 33.6. The van der Waals surface area contributed by atoms with E-state index in [9.17, 15) is 0 Å². The van der Waals surface area contributed by atoms with E-state index in [2.05, 4.69) is 204 Å². The summed E-state index contributed by atoms with van der Waals surface area (Å²) in [4.78, 5) is 10.3. The van der Waals surface area contributed by atoms with Gasteiger partial charge in [-0.2, -0.15) is 0 Å². The first-order chi connectivity index (χ1) is 30.7. The molecule has 1 N–H and O–H groups in total. The van der Waals surface area contributed by atoms with Crippen molar-refractivity contribution in [1.82, 2.24) is 9.88 Å². The number of amidine groups is 2. The lowest BCUT2D eigenvalue weighted by Gasteiger charge is -2.23. The summed E-state index contributed by atoms with van der Waals surface area (Å²) >= 11 is 0. The maximum absolute atomic E-state index is 6.60. The average molecular weight is 795 g/mol. The Morgan fingerprint density at radius 3 is 1.87 bits per heavy atom. The fourth-order valence-corrected chi connectivity index (χ4v) is 9.13. The number of nitrogens with zero attached hydrogens (tertiary/aromatic N) is 3. The summed E-state index contributed by atoms with van der Waals surface area (Å²) in [5.74, 6) is 1.43. The normalized spacial score (nSPS) is 14.0. The van der Waals surface area contributed by atoms with E-state index in [4.69, 9.17) is 14.4 Å². The van der Waals surface area contributed by atoms with Crippen LogP contribution in [0.5, 0.6) is 0 Å². The molecule has 5 nitrogen and oxygen atoms in total. The summed E-state index contributed by atoms with van der Waals surface area (Å²) in [6.45, 7) is 0. The number of furan rings is 1. The van der Waals surface area contributed by atoms with Gasteiger partial charge in [0.2, 0.25) is 0 Å². The van der Waals surface area contributed by atoms with Gasteiger partial charge in [-0.25, -0.2) is 9.98 Å². The second-order valence-corrected chi connectivity index (χ2v) is 15.8. The lowest BCUT2D eigenvalue weighted by Crippen LogP contribution is -2.33. The predicted octanol–water partition coefficient (Wildman–Crippen LogP) is 14.2. The van der Waals surface area contributed by atoms with Crippen LogP contribution in [-0.2, 0) is 0 Å². The minimum atomic E-state index is -0.303. The van der Waals surface area contributed by atoms with Crippen molar-refractivity contribution in [2.45, 2.75) is 6.17 Å². The second kappa shape index (κ2) is 14.8. The molecule has 1 aliphatic rings. The van der Waals surface area contributed by atoms with Crippen molar-refractivity contribution >= 4 is 55.4 Å². The Morgan fingerprint density at radius 1 is 0.419 bits per heavy atom. The van der Waals surface area contributed by atoms with E-state index in [-0.39, 0.29) is 6.17 Å². The molecule has 0 fully saturated rings. The van der Waals surface area contributed by atoms with Crippen molar-refractivity contribution < 1.29 is 4.42 Å². The number of aliphatic imine (C=N–C) groups is 2. The maximum atomic E-state index is 6.60. The van der Waals surface area contributed by atoms with Gasteiger partial charge in [-0.15, -0.1) is 0 Å². The highest BCUT2D eigenvalue weighted by atomic mass is 16.3. The highest BCUT2D eigenvalue weighted by Gasteiger charge is 2.23. The predicted molar refractivity (Wildman–Crippen MR) is 256 cm³/mol. The van der Waals surface area contributed by atoms with E-state index in [0.717, 1.165) is 61.3 Å². The maximum Gasteiger partial charge on any atom is 0.159 e. The van der Waals surface area contributed by atoms with Gasteiger partial charge < -0.3 is 14.3 Å². The van der Waals surface area contributed by atoms with E-state index >= 15 is 0 Å². The van der Waals surface area contributed by atoms with Crippen molar-refractivity contribution in [3.8, 4) is 39.1 Å². The highest BCUT2D eigenvalue weighted by molar-refractivity contribution is 6.18. The first kappa shape index (κ1) is 35.6. The van der Waals surface area contributed by atoms with Crippen LogP contribution in [0.25, 0.3) is 82.8 Å². The number of rotatable bonds is 7. The molecule has 0 spiro atoms. The zero-order valence-electron chi connectivity index (χ0n) is 33.6. The van der Waals surface area contributed by atoms with Crippen LogP contribution in [0.3, 0.4) is 0 Å². The molecule has 12 rings (SSSR count). The minimum absolute atomic E-state index is 0.303. The van der Waals surface area contributed by atoms with Crippen LogP contribution < -0.4 is 5.32 Å². The average Bonchev–Trinajstić information content (AvgIpc) is 3.90. The van der Waals surface area contributed by atoms with E-state index in [1.165, 1.54) is 44.1 Å².